The number of carbonyl (C=O) groups excluding carboxylic acids is 2. The SMILES string of the molecule is Nc1nccc(C(F)(F)CCCNCc2ccc3c(c2)CN(C2CCC(O)NC2=O)C3=O)n1. The quantitative estimate of drug-likeness (QED) is 0.436. The van der Waals surface area contributed by atoms with Gasteiger partial charge in [-0.3, -0.25) is 9.59 Å². The maximum absolute atomic E-state index is 14.3. The molecule has 2 atom stereocenters. The highest BCUT2D eigenvalue weighted by molar-refractivity contribution is 6.01. The van der Waals surface area contributed by atoms with Gasteiger partial charge in [-0.15, -0.1) is 0 Å². The van der Waals surface area contributed by atoms with E-state index in [1.807, 2.05) is 12.1 Å². The van der Waals surface area contributed by atoms with E-state index in [2.05, 4.69) is 20.6 Å². The monoisotopic (exact) mass is 460 g/mol. The van der Waals surface area contributed by atoms with Crippen molar-refractivity contribution in [2.24, 2.45) is 0 Å². The van der Waals surface area contributed by atoms with E-state index >= 15 is 0 Å². The Morgan fingerprint density at radius 3 is 2.85 bits per heavy atom. The van der Waals surface area contributed by atoms with Crippen molar-refractivity contribution in [3.8, 4) is 0 Å². The van der Waals surface area contributed by atoms with Gasteiger partial charge in [0.2, 0.25) is 11.9 Å². The topological polar surface area (TPSA) is 133 Å². The number of nitrogen functional groups attached to an aromatic ring is 1. The summed E-state index contributed by atoms with van der Waals surface area (Å²) in [7, 11) is 0. The zero-order valence-corrected chi connectivity index (χ0v) is 17.9. The Morgan fingerprint density at radius 2 is 2.09 bits per heavy atom. The Hall–Kier alpha value is -3.18. The van der Waals surface area contributed by atoms with Crippen molar-refractivity contribution in [3.05, 3.63) is 52.8 Å². The summed E-state index contributed by atoms with van der Waals surface area (Å²) < 4.78 is 28.5. The predicted molar refractivity (Wildman–Crippen MR) is 115 cm³/mol. The number of hydrogen-bond acceptors (Lipinski definition) is 7. The van der Waals surface area contributed by atoms with Crippen LogP contribution >= 0.6 is 0 Å². The number of amides is 2. The van der Waals surface area contributed by atoms with Gasteiger partial charge in [-0.1, -0.05) is 12.1 Å². The number of piperidine rings is 1. The summed E-state index contributed by atoms with van der Waals surface area (Å²) in [6.45, 7) is 1.16. The van der Waals surface area contributed by atoms with E-state index in [1.54, 1.807) is 6.07 Å². The van der Waals surface area contributed by atoms with Crippen LogP contribution in [0.2, 0.25) is 0 Å². The maximum Gasteiger partial charge on any atom is 0.289 e. The average Bonchev–Trinajstić information content (AvgIpc) is 3.09. The smallest absolute Gasteiger partial charge is 0.289 e. The molecular formula is C22H26F2N6O3. The summed E-state index contributed by atoms with van der Waals surface area (Å²) in [5.74, 6) is -3.81. The van der Waals surface area contributed by atoms with E-state index in [1.165, 1.54) is 11.1 Å². The number of nitrogens with one attached hydrogen (secondary N) is 2. The molecule has 1 aromatic heterocycles. The van der Waals surface area contributed by atoms with Crippen LogP contribution in [0.25, 0.3) is 0 Å². The van der Waals surface area contributed by atoms with Crippen LogP contribution in [-0.4, -0.2) is 50.6 Å². The summed E-state index contributed by atoms with van der Waals surface area (Å²) in [6.07, 6.45) is 1.01. The lowest BCUT2D eigenvalue weighted by Crippen LogP contribution is -2.54. The minimum Gasteiger partial charge on any atom is -0.374 e. The second-order valence-corrected chi connectivity index (χ2v) is 8.33. The van der Waals surface area contributed by atoms with E-state index in [0.29, 0.717) is 38.0 Å². The van der Waals surface area contributed by atoms with Crippen LogP contribution in [0.15, 0.2) is 30.5 Å². The molecule has 5 N–H and O–H groups in total. The van der Waals surface area contributed by atoms with Gasteiger partial charge in [-0.25, -0.2) is 9.97 Å². The zero-order chi connectivity index (χ0) is 23.6. The first-order valence-electron chi connectivity index (χ1n) is 10.8. The van der Waals surface area contributed by atoms with E-state index < -0.39 is 18.2 Å². The first-order valence-corrected chi connectivity index (χ1v) is 10.8. The van der Waals surface area contributed by atoms with Crippen LogP contribution in [-0.2, 0) is 23.8 Å². The molecule has 176 valence electrons. The number of nitrogens with zero attached hydrogens (tertiary/aromatic N) is 3. The lowest BCUT2D eigenvalue weighted by atomic mass is 10.0. The molecule has 3 heterocycles. The third kappa shape index (κ3) is 5.09. The van der Waals surface area contributed by atoms with Crippen molar-refractivity contribution in [1.82, 2.24) is 25.5 Å². The standard InChI is InChI=1S/C22H26F2N6O3/c23-22(24,17-6-9-27-21(25)28-17)7-1-8-26-11-13-2-3-15-14(10-13)12-30(20(15)33)16-4-5-18(31)29-19(16)32/h2-3,6,9-10,16,18,26,31H,1,4-5,7-8,11-12H2,(H,29,32)(H2,25,27,28). The highest BCUT2D eigenvalue weighted by Gasteiger charge is 2.39. The molecule has 2 aromatic rings. The minimum atomic E-state index is -3.09. The Balaban J connectivity index is 1.28. The molecule has 11 heteroatoms. The zero-order valence-electron chi connectivity index (χ0n) is 17.9. The highest BCUT2D eigenvalue weighted by atomic mass is 19.3. The van der Waals surface area contributed by atoms with Crippen LogP contribution in [0.5, 0.6) is 0 Å². The molecule has 0 bridgehead atoms. The summed E-state index contributed by atoms with van der Waals surface area (Å²) in [6, 6.07) is 6.02. The summed E-state index contributed by atoms with van der Waals surface area (Å²) in [5, 5.41) is 15.2. The number of nitrogens with two attached hydrogens (primary N) is 1. The maximum atomic E-state index is 14.3. The number of carbonyl (C=O) groups is 2. The number of aromatic nitrogens is 2. The number of alkyl halides is 2. The van der Waals surface area contributed by atoms with Crippen molar-refractivity contribution in [3.63, 3.8) is 0 Å². The van der Waals surface area contributed by atoms with Crippen molar-refractivity contribution in [2.75, 3.05) is 12.3 Å². The third-order valence-corrected chi connectivity index (χ3v) is 5.93. The molecule has 0 spiro atoms. The molecule has 9 nitrogen and oxygen atoms in total. The summed E-state index contributed by atoms with van der Waals surface area (Å²) in [4.78, 5) is 33.7. The van der Waals surface area contributed by atoms with Gasteiger partial charge < -0.3 is 26.4 Å². The van der Waals surface area contributed by atoms with Gasteiger partial charge >= 0.3 is 0 Å². The van der Waals surface area contributed by atoms with Crippen LogP contribution < -0.4 is 16.4 Å². The number of aliphatic hydroxyl groups is 1. The first kappa shape index (κ1) is 23.0. The van der Waals surface area contributed by atoms with Crippen molar-refractivity contribution >= 4 is 17.8 Å². The number of fused-ring (bicyclic) bond motifs is 1. The molecule has 0 aliphatic carbocycles. The fraction of sp³-hybridized carbons (Fsp3) is 0.455. The van der Waals surface area contributed by atoms with Gasteiger partial charge in [0.1, 0.15) is 18.0 Å². The van der Waals surface area contributed by atoms with Crippen molar-refractivity contribution in [1.29, 1.82) is 0 Å². The Labute approximate surface area is 189 Å². The van der Waals surface area contributed by atoms with Crippen molar-refractivity contribution < 1.29 is 23.5 Å². The lowest BCUT2D eigenvalue weighted by molar-refractivity contribution is -0.132. The largest absolute Gasteiger partial charge is 0.374 e. The van der Waals surface area contributed by atoms with E-state index in [-0.39, 0.29) is 36.3 Å². The number of anilines is 1. The predicted octanol–water partition coefficient (Wildman–Crippen LogP) is 1.27. The molecule has 0 radical (unpaired) electrons. The van der Waals surface area contributed by atoms with E-state index in [9.17, 15) is 23.5 Å². The van der Waals surface area contributed by atoms with E-state index in [0.717, 1.165) is 17.2 Å². The molecule has 2 aliphatic heterocycles. The third-order valence-electron chi connectivity index (χ3n) is 5.93. The first-order chi connectivity index (χ1) is 15.7. The second-order valence-electron chi connectivity index (χ2n) is 8.33. The molecule has 2 amide bonds. The fourth-order valence-corrected chi connectivity index (χ4v) is 4.21. The van der Waals surface area contributed by atoms with Crippen LogP contribution in [0.4, 0.5) is 14.7 Å². The Bertz CT molecular complexity index is 1050. The summed E-state index contributed by atoms with van der Waals surface area (Å²) >= 11 is 0. The molecule has 33 heavy (non-hydrogen) atoms. The fourth-order valence-electron chi connectivity index (χ4n) is 4.21. The van der Waals surface area contributed by atoms with Crippen LogP contribution in [0, 0.1) is 0 Å². The molecule has 2 aliphatic rings. The minimum absolute atomic E-state index is 0.180. The second kappa shape index (κ2) is 9.36. The lowest BCUT2D eigenvalue weighted by Gasteiger charge is -2.32. The van der Waals surface area contributed by atoms with Gasteiger partial charge in [-0.2, -0.15) is 8.78 Å². The Morgan fingerprint density at radius 1 is 1.27 bits per heavy atom. The number of rotatable bonds is 8. The average molecular weight is 460 g/mol. The molecule has 2 unspecified atom stereocenters. The molecule has 4 rings (SSSR count). The highest BCUT2D eigenvalue weighted by Crippen LogP contribution is 2.31. The number of benzene rings is 1. The molecule has 0 saturated carbocycles. The van der Waals surface area contributed by atoms with Crippen molar-refractivity contribution in [2.45, 2.75) is 57.0 Å². The molecular weight excluding hydrogens is 434 g/mol. The van der Waals surface area contributed by atoms with Gasteiger partial charge in [0.15, 0.2) is 0 Å². The Kier molecular flexibility index (Phi) is 6.52. The van der Waals surface area contributed by atoms with E-state index in [4.69, 9.17) is 5.73 Å². The molecule has 1 fully saturated rings. The molecule has 1 aromatic carbocycles. The van der Waals surface area contributed by atoms with Gasteiger partial charge in [-0.05, 0) is 49.1 Å². The summed E-state index contributed by atoms with van der Waals surface area (Å²) in [5.41, 5.74) is 7.30. The van der Waals surface area contributed by atoms with Gasteiger partial charge in [0.25, 0.3) is 11.8 Å². The van der Waals surface area contributed by atoms with Crippen LogP contribution in [0.1, 0.15) is 52.9 Å². The molecule has 1 saturated heterocycles. The number of aliphatic hydroxyl groups excluding tert-OH is 1. The normalized spacial score (nSPS) is 20.6. The number of hydrogen-bond donors (Lipinski definition) is 4. The van der Waals surface area contributed by atoms with Gasteiger partial charge in [0.05, 0.1) is 0 Å². The van der Waals surface area contributed by atoms with Gasteiger partial charge in [0, 0.05) is 31.3 Å². The van der Waals surface area contributed by atoms with Crippen LogP contribution in [0.3, 0.4) is 0 Å². The number of halogens is 2.